The van der Waals surface area contributed by atoms with Gasteiger partial charge in [0.1, 0.15) is 0 Å². The summed E-state index contributed by atoms with van der Waals surface area (Å²) < 4.78 is 0. The van der Waals surface area contributed by atoms with Gasteiger partial charge in [-0.15, -0.1) is 0 Å². The molecule has 2 amide bonds. The Labute approximate surface area is 107 Å². The largest absolute Gasteiger partial charge is 0.399 e. The minimum absolute atomic E-state index is 0.0731. The van der Waals surface area contributed by atoms with Crippen LogP contribution in [0.25, 0.3) is 0 Å². The third-order valence-corrected chi connectivity index (χ3v) is 3.81. The third-order valence-electron chi connectivity index (χ3n) is 3.81. The van der Waals surface area contributed by atoms with Crippen LogP contribution in [0.2, 0.25) is 0 Å². The van der Waals surface area contributed by atoms with Crippen LogP contribution in [0.1, 0.15) is 5.56 Å². The number of benzene rings is 1. The van der Waals surface area contributed by atoms with Crippen LogP contribution in [-0.2, 0) is 0 Å². The van der Waals surface area contributed by atoms with E-state index < -0.39 is 0 Å². The number of hydrogen-bond donors (Lipinski definition) is 2. The second kappa shape index (κ2) is 4.08. The van der Waals surface area contributed by atoms with E-state index in [4.69, 9.17) is 5.73 Å². The number of hydrogen-bond acceptors (Lipinski definition) is 3. The first-order valence-electron chi connectivity index (χ1n) is 6.30. The molecule has 2 fully saturated rings. The van der Waals surface area contributed by atoms with Crippen molar-refractivity contribution < 1.29 is 4.79 Å². The maximum absolute atomic E-state index is 11.5. The lowest BCUT2D eigenvalue weighted by Crippen LogP contribution is -2.52. The van der Waals surface area contributed by atoms with Gasteiger partial charge in [-0.05, 0) is 24.6 Å². The number of aryl methyl sites for hydroxylation is 1. The highest BCUT2D eigenvalue weighted by molar-refractivity contribution is 5.77. The Morgan fingerprint density at radius 3 is 3.06 bits per heavy atom. The maximum Gasteiger partial charge on any atom is 0.317 e. The number of urea groups is 1. The monoisotopic (exact) mass is 246 g/mol. The standard InChI is InChI=1S/C13H18N4O/c1-9-2-3-10(14)6-12(9)16-4-5-17-11(8-16)7-15-13(17)18/h2-3,6,11H,4-5,7-8,14H2,1H3,(H,15,18). The van der Waals surface area contributed by atoms with Crippen molar-refractivity contribution in [1.82, 2.24) is 10.2 Å². The van der Waals surface area contributed by atoms with E-state index in [1.54, 1.807) is 0 Å². The molecule has 1 atom stereocenters. The first-order valence-corrected chi connectivity index (χ1v) is 6.30. The van der Waals surface area contributed by atoms with E-state index in [9.17, 15) is 4.79 Å². The van der Waals surface area contributed by atoms with Crippen LogP contribution in [0.15, 0.2) is 18.2 Å². The molecule has 5 nitrogen and oxygen atoms in total. The van der Waals surface area contributed by atoms with Crippen LogP contribution in [0.4, 0.5) is 16.2 Å². The van der Waals surface area contributed by atoms with Crippen LogP contribution >= 0.6 is 0 Å². The van der Waals surface area contributed by atoms with Gasteiger partial charge in [-0.3, -0.25) is 0 Å². The minimum atomic E-state index is 0.0731. The number of carbonyl (C=O) groups is 1. The molecule has 1 aromatic rings. The van der Waals surface area contributed by atoms with Crippen molar-refractivity contribution in [1.29, 1.82) is 0 Å². The summed E-state index contributed by atoms with van der Waals surface area (Å²) in [5.74, 6) is 0. The average molecular weight is 246 g/mol. The Balaban J connectivity index is 1.82. The van der Waals surface area contributed by atoms with Crippen LogP contribution in [-0.4, -0.2) is 43.2 Å². The molecule has 2 aliphatic heterocycles. The lowest BCUT2D eigenvalue weighted by Gasteiger charge is -2.38. The van der Waals surface area contributed by atoms with Crippen LogP contribution in [0.5, 0.6) is 0 Å². The number of carbonyl (C=O) groups excluding carboxylic acids is 1. The molecule has 0 aliphatic carbocycles. The Morgan fingerprint density at radius 1 is 1.39 bits per heavy atom. The Bertz CT molecular complexity index is 488. The number of nitrogens with two attached hydrogens (primary N) is 1. The number of amides is 2. The second-order valence-electron chi connectivity index (χ2n) is 5.03. The number of nitrogens with zero attached hydrogens (tertiary/aromatic N) is 2. The molecule has 2 heterocycles. The van der Waals surface area contributed by atoms with Crippen molar-refractivity contribution in [3.63, 3.8) is 0 Å². The zero-order valence-corrected chi connectivity index (χ0v) is 10.5. The summed E-state index contributed by atoms with van der Waals surface area (Å²) in [6, 6.07) is 6.36. The van der Waals surface area contributed by atoms with Crippen LogP contribution < -0.4 is 16.0 Å². The summed E-state index contributed by atoms with van der Waals surface area (Å²) in [5, 5.41) is 2.90. The summed E-state index contributed by atoms with van der Waals surface area (Å²) in [5.41, 5.74) is 9.07. The molecule has 3 N–H and O–H groups in total. The van der Waals surface area contributed by atoms with E-state index in [0.717, 1.165) is 31.9 Å². The normalized spacial score (nSPS) is 22.9. The molecule has 0 aromatic heterocycles. The lowest BCUT2D eigenvalue weighted by atomic mass is 10.1. The fourth-order valence-electron chi connectivity index (χ4n) is 2.79. The van der Waals surface area contributed by atoms with Gasteiger partial charge in [0, 0.05) is 37.6 Å². The van der Waals surface area contributed by atoms with Crippen molar-refractivity contribution in [2.75, 3.05) is 36.8 Å². The number of nitrogen functional groups attached to an aromatic ring is 1. The SMILES string of the molecule is Cc1ccc(N)cc1N1CCN2C(=O)NCC2C1. The zero-order valence-electron chi connectivity index (χ0n) is 10.5. The molecule has 1 unspecified atom stereocenters. The fourth-order valence-corrected chi connectivity index (χ4v) is 2.79. The second-order valence-corrected chi connectivity index (χ2v) is 5.03. The number of fused-ring (bicyclic) bond motifs is 1. The van der Waals surface area contributed by atoms with Gasteiger partial charge >= 0.3 is 6.03 Å². The Hall–Kier alpha value is -1.91. The highest BCUT2D eigenvalue weighted by Crippen LogP contribution is 2.26. The molecule has 0 saturated carbocycles. The fraction of sp³-hybridized carbons (Fsp3) is 0.462. The van der Waals surface area contributed by atoms with Crippen LogP contribution in [0, 0.1) is 6.92 Å². The van der Waals surface area contributed by atoms with Crippen molar-refractivity contribution in [2.24, 2.45) is 0 Å². The molecule has 0 spiro atoms. The summed E-state index contributed by atoms with van der Waals surface area (Å²) in [4.78, 5) is 15.8. The van der Waals surface area contributed by atoms with E-state index in [0.29, 0.717) is 0 Å². The maximum atomic E-state index is 11.5. The molecule has 0 bridgehead atoms. The molecule has 18 heavy (non-hydrogen) atoms. The summed E-state index contributed by atoms with van der Waals surface area (Å²) in [6.07, 6.45) is 0. The quantitative estimate of drug-likeness (QED) is 0.720. The molecular weight excluding hydrogens is 228 g/mol. The molecular formula is C13H18N4O. The third kappa shape index (κ3) is 1.75. The van der Waals surface area contributed by atoms with Crippen molar-refractivity contribution >= 4 is 17.4 Å². The van der Waals surface area contributed by atoms with E-state index in [2.05, 4.69) is 23.2 Å². The van der Waals surface area contributed by atoms with Gasteiger partial charge < -0.3 is 20.9 Å². The number of anilines is 2. The Morgan fingerprint density at radius 2 is 2.22 bits per heavy atom. The van der Waals surface area contributed by atoms with Gasteiger partial charge in [0.15, 0.2) is 0 Å². The summed E-state index contributed by atoms with van der Waals surface area (Å²) in [7, 11) is 0. The first-order chi connectivity index (χ1) is 8.65. The lowest BCUT2D eigenvalue weighted by molar-refractivity contribution is 0.197. The molecule has 5 heteroatoms. The molecule has 2 saturated heterocycles. The molecule has 3 rings (SSSR count). The topological polar surface area (TPSA) is 61.6 Å². The van der Waals surface area contributed by atoms with Gasteiger partial charge in [0.05, 0.1) is 6.04 Å². The van der Waals surface area contributed by atoms with Gasteiger partial charge in [0.25, 0.3) is 0 Å². The first kappa shape index (κ1) is 11.2. The highest BCUT2D eigenvalue weighted by atomic mass is 16.2. The van der Waals surface area contributed by atoms with Gasteiger partial charge in [-0.2, -0.15) is 0 Å². The van der Waals surface area contributed by atoms with E-state index in [1.165, 1.54) is 11.3 Å². The summed E-state index contributed by atoms with van der Waals surface area (Å²) >= 11 is 0. The number of rotatable bonds is 1. The van der Waals surface area contributed by atoms with Crippen molar-refractivity contribution in [2.45, 2.75) is 13.0 Å². The van der Waals surface area contributed by atoms with Gasteiger partial charge in [-0.1, -0.05) is 6.07 Å². The molecule has 1 aromatic carbocycles. The molecule has 96 valence electrons. The van der Waals surface area contributed by atoms with Crippen LogP contribution in [0.3, 0.4) is 0 Å². The minimum Gasteiger partial charge on any atom is -0.399 e. The average Bonchev–Trinajstić information content (AvgIpc) is 2.74. The van der Waals surface area contributed by atoms with Gasteiger partial charge in [-0.25, -0.2) is 4.79 Å². The van der Waals surface area contributed by atoms with Crippen molar-refractivity contribution in [3.05, 3.63) is 23.8 Å². The molecule has 0 radical (unpaired) electrons. The number of nitrogens with one attached hydrogen (secondary N) is 1. The molecule has 2 aliphatic rings. The zero-order chi connectivity index (χ0) is 12.7. The van der Waals surface area contributed by atoms with E-state index >= 15 is 0 Å². The summed E-state index contributed by atoms with van der Waals surface area (Å²) in [6.45, 7) is 5.37. The smallest absolute Gasteiger partial charge is 0.317 e. The Kier molecular flexibility index (Phi) is 2.54. The number of piperazine rings is 1. The van der Waals surface area contributed by atoms with Crippen molar-refractivity contribution in [3.8, 4) is 0 Å². The highest BCUT2D eigenvalue weighted by Gasteiger charge is 2.35. The van der Waals surface area contributed by atoms with E-state index in [1.807, 2.05) is 17.0 Å². The predicted octanol–water partition coefficient (Wildman–Crippen LogP) is 0.791. The van der Waals surface area contributed by atoms with Gasteiger partial charge in [0.2, 0.25) is 0 Å². The predicted molar refractivity (Wildman–Crippen MR) is 71.7 cm³/mol. The van der Waals surface area contributed by atoms with E-state index in [-0.39, 0.29) is 12.1 Å².